The average molecular weight is 301 g/mol. The Morgan fingerprint density at radius 2 is 1.95 bits per heavy atom. The van der Waals surface area contributed by atoms with Crippen molar-refractivity contribution in [2.24, 2.45) is 5.73 Å². The van der Waals surface area contributed by atoms with E-state index in [-0.39, 0.29) is 17.9 Å². The third-order valence-corrected chi connectivity index (χ3v) is 4.82. The molecule has 0 spiro atoms. The summed E-state index contributed by atoms with van der Waals surface area (Å²) in [6.07, 6.45) is 1.45. The summed E-state index contributed by atoms with van der Waals surface area (Å²) in [5.41, 5.74) is 6.76. The molecular formula is C17H23N3O2. The molecule has 0 radical (unpaired) electrons. The van der Waals surface area contributed by atoms with Crippen LogP contribution in [0.5, 0.6) is 0 Å². The van der Waals surface area contributed by atoms with Crippen molar-refractivity contribution in [2.75, 3.05) is 19.6 Å². The second kappa shape index (κ2) is 6.08. The molecule has 1 heterocycles. The molecule has 1 saturated carbocycles. The zero-order valence-electron chi connectivity index (χ0n) is 12.9. The van der Waals surface area contributed by atoms with E-state index in [0.717, 1.165) is 19.5 Å². The number of hydrogen-bond donors (Lipinski definition) is 1. The first kappa shape index (κ1) is 15.0. The topological polar surface area (TPSA) is 66.6 Å². The first-order chi connectivity index (χ1) is 10.6. The Labute approximate surface area is 131 Å². The van der Waals surface area contributed by atoms with E-state index in [1.54, 1.807) is 6.92 Å². The van der Waals surface area contributed by atoms with Gasteiger partial charge in [0.25, 0.3) is 0 Å². The highest BCUT2D eigenvalue weighted by molar-refractivity contribution is 5.75. The zero-order chi connectivity index (χ0) is 15.7. The molecular weight excluding hydrogens is 278 g/mol. The predicted molar refractivity (Wildman–Crippen MR) is 84.1 cm³/mol. The number of hydrogen-bond acceptors (Lipinski definition) is 3. The van der Waals surface area contributed by atoms with Crippen LogP contribution in [-0.4, -0.2) is 53.3 Å². The molecule has 0 bridgehead atoms. The van der Waals surface area contributed by atoms with Crippen LogP contribution >= 0.6 is 0 Å². The lowest BCUT2D eigenvalue weighted by Gasteiger charge is -2.41. The Morgan fingerprint density at radius 1 is 1.23 bits per heavy atom. The van der Waals surface area contributed by atoms with E-state index in [1.807, 2.05) is 11.0 Å². The third kappa shape index (κ3) is 3.14. The summed E-state index contributed by atoms with van der Waals surface area (Å²) >= 11 is 0. The molecule has 1 aliphatic heterocycles. The number of piperazine rings is 1. The molecule has 22 heavy (non-hydrogen) atoms. The van der Waals surface area contributed by atoms with E-state index in [0.29, 0.717) is 24.9 Å². The lowest BCUT2D eigenvalue weighted by atomic mass is 10.1. The van der Waals surface area contributed by atoms with Gasteiger partial charge in [-0.3, -0.25) is 14.5 Å². The maximum atomic E-state index is 11.6. The van der Waals surface area contributed by atoms with Crippen molar-refractivity contribution in [3.8, 4) is 0 Å². The number of rotatable bonds is 4. The highest BCUT2D eigenvalue weighted by Crippen LogP contribution is 2.46. The van der Waals surface area contributed by atoms with Gasteiger partial charge < -0.3 is 10.6 Å². The normalized spacial score (nSPS) is 28.4. The van der Waals surface area contributed by atoms with Gasteiger partial charge in [0.15, 0.2) is 0 Å². The SMILES string of the molecule is CC(=O)N1CCN(C2CC2c2ccccc2)C(CC(N)=O)C1. The Hall–Kier alpha value is -1.88. The minimum absolute atomic E-state index is 0.0499. The van der Waals surface area contributed by atoms with Crippen LogP contribution in [0.15, 0.2) is 30.3 Å². The van der Waals surface area contributed by atoms with Crippen LogP contribution in [0.25, 0.3) is 0 Å². The van der Waals surface area contributed by atoms with Crippen molar-refractivity contribution in [3.63, 3.8) is 0 Å². The highest BCUT2D eigenvalue weighted by Gasteiger charge is 2.46. The molecule has 1 aliphatic carbocycles. The fraction of sp³-hybridized carbons (Fsp3) is 0.529. The molecule has 1 saturated heterocycles. The Kier molecular flexibility index (Phi) is 4.16. The maximum Gasteiger partial charge on any atom is 0.219 e. The summed E-state index contributed by atoms with van der Waals surface area (Å²) in [5, 5.41) is 0. The smallest absolute Gasteiger partial charge is 0.219 e. The van der Waals surface area contributed by atoms with E-state index < -0.39 is 0 Å². The number of benzene rings is 1. The third-order valence-electron chi connectivity index (χ3n) is 4.82. The minimum Gasteiger partial charge on any atom is -0.370 e. The van der Waals surface area contributed by atoms with Gasteiger partial charge in [0, 0.05) is 51.0 Å². The largest absolute Gasteiger partial charge is 0.370 e. The molecule has 2 aliphatic rings. The maximum absolute atomic E-state index is 11.6. The quantitative estimate of drug-likeness (QED) is 0.900. The lowest BCUT2D eigenvalue weighted by molar-refractivity contribution is -0.133. The molecule has 118 valence electrons. The van der Waals surface area contributed by atoms with Crippen LogP contribution in [0.2, 0.25) is 0 Å². The molecule has 3 rings (SSSR count). The van der Waals surface area contributed by atoms with Gasteiger partial charge in [-0.05, 0) is 12.0 Å². The first-order valence-corrected chi connectivity index (χ1v) is 7.90. The summed E-state index contributed by atoms with van der Waals surface area (Å²) in [4.78, 5) is 27.2. The molecule has 2 amide bonds. The highest BCUT2D eigenvalue weighted by atomic mass is 16.2. The molecule has 1 aromatic rings. The summed E-state index contributed by atoms with van der Waals surface area (Å²) in [6.45, 7) is 3.76. The van der Waals surface area contributed by atoms with Crippen LogP contribution in [-0.2, 0) is 9.59 Å². The van der Waals surface area contributed by atoms with Gasteiger partial charge in [-0.15, -0.1) is 0 Å². The zero-order valence-corrected chi connectivity index (χ0v) is 12.9. The minimum atomic E-state index is -0.294. The van der Waals surface area contributed by atoms with Gasteiger partial charge in [0.1, 0.15) is 0 Å². The second-order valence-electron chi connectivity index (χ2n) is 6.35. The fourth-order valence-corrected chi connectivity index (χ4v) is 3.61. The van der Waals surface area contributed by atoms with Crippen LogP contribution in [0.1, 0.15) is 31.2 Å². The van der Waals surface area contributed by atoms with E-state index in [4.69, 9.17) is 5.73 Å². The number of carbonyl (C=O) groups excluding carboxylic acids is 2. The second-order valence-corrected chi connectivity index (χ2v) is 6.35. The fourth-order valence-electron chi connectivity index (χ4n) is 3.61. The number of amides is 2. The summed E-state index contributed by atoms with van der Waals surface area (Å²) in [7, 11) is 0. The Bertz CT molecular complexity index is 560. The Morgan fingerprint density at radius 3 is 2.59 bits per heavy atom. The molecule has 3 atom stereocenters. The number of carbonyl (C=O) groups is 2. The van der Waals surface area contributed by atoms with Gasteiger partial charge in [-0.1, -0.05) is 30.3 Å². The van der Waals surface area contributed by atoms with Crippen molar-refractivity contribution in [2.45, 2.75) is 37.8 Å². The van der Waals surface area contributed by atoms with Crippen molar-refractivity contribution >= 4 is 11.8 Å². The van der Waals surface area contributed by atoms with E-state index in [2.05, 4.69) is 29.2 Å². The van der Waals surface area contributed by atoms with Crippen molar-refractivity contribution < 1.29 is 9.59 Å². The van der Waals surface area contributed by atoms with Crippen molar-refractivity contribution in [3.05, 3.63) is 35.9 Å². The predicted octanol–water partition coefficient (Wildman–Crippen LogP) is 0.951. The monoisotopic (exact) mass is 301 g/mol. The van der Waals surface area contributed by atoms with Crippen LogP contribution in [0.4, 0.5) is 0 Å². The Balaban J connectivity index is 1.69. The van der Waals surface area contributed by atoms with Gasteiger partial charge in [-0.25, -0.2) is 0 Å². The number of nitrogens with two attached hydrogens (primary N) is 1. The molecule has 5 heteroatoms. The summed E-state index contributed by atoms with van der Waals surface area (Å²) in [6, 6.07) is 11.0. The summed E-state index contributed by atoms with van der Waals surface area (Å²) < 4.78 is 0. The van der Waals surface area contributed by atoms with E-state index in [9.17, 15) is 9.59 Å². The van der Waals surface area contributed by atoms with E-state index in [1.165, 1.54) is 5.56 Å². The van der Waals surface area contributed by atoms with Gasteiger partial charge >= 0.3 is 0 Å². The summed E-state index contributed by atoms with van der Waals surface area (Å²) in [5.74, 6) is 0.322. The molecule has 3 unspecified atom stereocenters. The first-order valence-electron chi connectivity index (χ1n) is 7.90. The molecule has 2 N–H and O–H groups in total. The van der Waals surface area contributed by atoms with Crippen LogP contribution in [0, 0.1) is 0 Å². The average Bonchev–Trinajstić information content (AvgIpc) is 3.27. The van der Waals surface area contributed by atoms with Crippen LogP contribution < -0.4 is 5.73 Å². The van der Waals surface area contributed by atoms with Gasteiger partial charge in [0.2, 0.25) is 11.8 Å². The van der Waals surface area contributed by atoms with Crippen molar-refractivity contribution in [1.29, 1.82) is 0 Å². The molecule has 1 aromatic carbocycles. The lowest BCUT2D eigenvalue weighted by Crippen LogP contribution is -2.56. The number of primary amides is 1. The standard InChI is InChI=1S/C17H23N3O2/c1-12(21)19-7-8-20(14(11-19)9-17(18)22)16-10-15(16)13-5-3-2-4-6-13/h2-6,14-16H,7-11H2,1H3,(H2,18,22). The molecule has 5 nitrogen and oxygen atoms in total. The number of nitrogens with zero attached hydrogens (tertiary/aromatic N) is 2. The van der Waals surface area contributed by atoms with Crippen LogP contribution in [0.3, 0.4) is 0 Å². The van der Waals surface area contributed by atoms with Gasteiger partial charge in [0.05, 0.1) is 0 Å². The molecule has 0 aromatic heterocycles. The van der Waals surface area contributed by atoms with Crippen molar-refractivity contribution in [1.82, 2.24) is 9.80 Å². The van der Waals surface area contributed by atoms with Gasteiger partial charge in [-0.2, -0.15) is 0 Å². The van der Waals surface area contributed by atoms with E-state index >= 15 is 0 Å². The molecule has 2 fully saturated rings.